The predicted octanol–water partition coefficient (Wildman–Crippen LogP) is 4.01. The third-order valence-corrected chi connectivity index (χ3v) is 2.88. The lowest BCUT2D eigenvalue weighted by Gasteiger charge is -2.12. The average molecular weight is 240 g/mol. The van der Waals surface area contributed by atoms with Crippen molar-refractivity contribution in [2.75, 3.05) is 14.2 Å². The van der Waals surface area contributed by atoms with E-state index in [1.807, 2.05) is 48.5 Å². The first-order chi connectivity index (χ1) is 8.80. The molecule has 2 heteroatoms. The van der Waals surface area contributed by atoms with Gasteiger partial charge in [0, 0.05) is 5.56 Å². The maximum Gasteiger partial charge on any atom is 0.127 e. The quantitative estimate of drug-likeness (QED) is 0.803. The molecule has 92 valence electrons. The maximum atomic E-state index is 5.42. The first kappa shape index (κ1) is 12.2. The predicted molar refractivity (Wildman–Crippen MR) is 75.1 cm³/mol. The number of ether oxygens (including phenoxy) is 2. The largest absolute Gasteiger partial charge is 0.497 e. The molecule has 0 amide bonds. The van der Waals surface area contributed by atoms with E-state index in [1.54, 1.807) is 14.2 Å². The number of rotatable bonds is 4. The van der Waals surface area contributed by atoms with E-state index in [0.717, 1.165) is 28.2 Å². The molecule has 0 aliphatic heterocycles. The standard InChI is InChI=1S/C16H16O2/c1-4-12-6-5-7-15(18-3)16(12)13-8-10-14(17-2)11-9-13/h4-11H,1H2,2-3H3. The molecule has 0 spiro atoms. The van der Waals surface area contributed by atoms with Crippen LogP contribution in [0, 0.1) is 0 Å². The Balaban J connectivity index is 2.57. The van der Waals surface area contributed by atoms with E-state index in [1.165, 1.54) is 0 Å². The molecule has 0 N–H and O–H groups in total. The van der Waals surface area contributed by atoms with Crippen LogP contribution in [0.2, 0.25) is 0 Å². The van der Waals surface area contributed by atoms with Crippen LogP contribution in [0.25, 0.3) is 17.2 Å². The van der Waals surface area contributed by atoms with E-state index in [2.05, 4.69) is 6.58 Å². The molecule has 0 aromatic heterocycles. The van der Waals surface area contributed by atoms with Crippen LogP contribution in [0.5, 0.6) is 11.5 Å². The third-order valence-electron chi connectivity index (χ3n) is 2.88. The lowest BCUT2D eigenvalue weighted by molar-refractivity contribution is 0.414. The second-order valence-corrected chi connectivity index (χ2v) is 3.86. The summed E-state index contributed by atoms with van der Waals surface area (Å²) in [6.07, 6.45) is 1.84. The molecule has 2 nitrogen and oxygen atoms in total. The van der Waals surface area contributed by atoms with Crippen LogP contribution in [0.3, 0.4) is 0 Å². The minimum atomic E-state index is 0.841. The molecule has 2 rings (SSSR count). The molecule has 0 bridgehead atoms. The van der Waals surface area contributed by atoms with Crippen LogP contribution in [0.4, 0.5) is 0 Å². The first-order valence-corrected chi connectivity index (χ1v) is 5.74. The van der Waals surface area contributed by atoms with Gasteiger partial charge in [0.2, 0.25) is 0 Å². The Labute approximate surface area is 107 Å². The number of methoxy groups -OCH3 is 2. The molecule has 0 aliphatic rings. The number of benzene rings is 2. The van der Waals surface area contributed by atoms with Crippen molar-refractivity contribution in [2.45, 2.75) is 0 Å². The zero-order valence-corrected chi connectivity index (χ0v) is 10.6. The third kappa shape index (κ3) is 2.23. The summed E-state index contributed by atoms with van der Waals surface area (Å²) in [5.41, 5.74) is 3.19. The van der Waals surface area contributed by atoms with Crippen molar-refractivity contribution in [1.29, 1.82) is 0 Å². The molecule has 0 radical (unpaired) electrons. The molecule has 0 unspecified atom stereocenters. The molecule has 0 atom stereocenters. The van der Waals surface area contributed by atoms with Gasteiger partial charge < -0.3 is 9.47 Å². The van der Waals surface area contributed by atoms with E-state index >= 15 is 0 Å². The fraction of sp³-hybridized carbons (Fsp3) is 0.125. The van der Waals surface area contributed by atoms with Gasteiger partial charge in [0.25, 0.3) is 0 Å². The molecular formula is C16H16O2. The minimum absolute atomic E-state index is 0.841. The topological polar surface area (TPSA) is 18.5 Å². The number of hydrogen-bond donors (Lipinski definition) is 0. The summed E-state index contributed by atoms with van der Waals surface area (Å²) in [6.45, 7) is 3.85. The molecular weight excluding hydrogens is 224 g/mol. The van der Waals surface area contributed by atoms with E-state index in [4.69, 9.17) is 9.47 Å². The van der Waals surface area contributed by atoms with E-state index < -0.39 is 0 Å². The highest BCUT2D eigenvalue weighted by molar-refractivity contribution is 5.80. The molecule has 18 heavy (non-hydrogen) atoms. The van der Waals surface area contributed by atoms with Crippen LogP contribution < -0.4 is 9.47 Å². The van der Waals surface area contributed by atoms with Gasteiger partial charge in [-0.05, 0) is 29.3 Å². The van der Waals surface area contributed by atoms with Crippen LogP contribution in [0.1, 0.15) is 5.56 Å². The van der Waals surface area contributed by atoms with Crippen LogP contribution in [0.15, 0.2) is 49.0 Å². The molecule has 0 fully saturated rings. The minimum Gasteiger partial charge on any atom is -0.497 e. The summed E-state index contributed by atoms with van der Waals surface area (Å²) >= 11 is 0. The van der Waals surface area contributed by atoms with E-state index in [9.17, 15) is 0 Å². The van der Waals surface area contributed by atoms with Crippen molar-refractivity contribution in [2.24, 2.45) is 0 Å². The Hall–Kier alpha value is -2.22. The summed E-state index contributed by atoms with van der Waals surface area (Å²) in [4.78, 5) is 0. The van der Waals surface area contributed by atoms with Crippen LogP contribution >= 0.6 is 0 Å². The second kappa shape index (κ2) is 5.41. The first-order valence-electron chi connectivity index (χ1n) is 5.74. The average Bonchev–Trinajstić information content (AvgIpc) is 2.46. The van der Waals surface area contributed by atoms with Gasteiger partial charge in [-0.1, -0.05) is 36.9 Å². The monoisotopic (exact) mass is 240 g/mol. The van der Waals surface area contributed by atoms with Gasteiger partial charge in [0.15, 0.2) is 0 Å². The molecule has 0 aliphatic carbocycles. The van der Waals surface area contributed by atoms with E-state index in [-0.39, 0.29) is 0 Å². The van der Waals surface area contributed by atoms with Crippen LogP contribution in [-0.4, -0.2) is 14.2 Å². The van der Waals surface area contributed by atoms with Crippen molar-refractivity contribution < 1.29 is 9.47 Å². The van der Waals surface area contributed by atoms with E-state index in [0.29, 0.717) is 0 Å². The van der Waals surface area contributed by atoms with Crippen molar-refractivity contribution in [1.82, 2.24) is 0 Å². The molecule has 0 saturated heterocycles. The normalized spacial score (nSPS) is 9.89. The zero-order chi connectivity index (χ0) is 13.0. The van der Waals surface area contributed by atoms with Crippen molar-refractivity contribution >= 4 is 6.08 Å². The summed E-state index contributed by atoms with van der Waals surface area (Å²) in [5, 5.41) is 0. The SMILES string of the molecule is C=Cc1cccc(OC)c1-c1ccc(OC)cc1. The Morgan fingerprint density at radius 2 is 1.67 bits per heavy atom. The second-order valence-electron chi connectivity index (χ2n) is 3.86. The van der Waals surface area contributed by atoms with Crippen molar-refractivity contribution in [3.8, 4) is 22.6 Å². The van der Waals surface area contributed by atoms with Gasteiger partial charge in [-0.25, -0.2) is 0 Å². The highest BCUT2D eigenvalue weighted by Gasteiger charge is 2.09. The fourth-order valence-corrected chi connectivity index (χ4v) is 1.95. The summed E-state index contributed by atoms with van der Waals surface area (Å²) in [6, 6.07) is 13.8. The Bertz CT molecular complexity index is 542. The summed E-state index contributed by atoms with van der Waals surface area (Å²) in [5.74, 6) is 1.69. The Morgan fingerprint density at radius 1 is 0.944 bits per heavy atom. The summed E-state index contributed by atoms with van der Waals surface area (Å²) < 4.78 is 10.6. The lowest BCUT2D eigenvalue weighted by Crippen LogP contribution is -1.91. The van der Waals surface area contributed by atoms with Gasteiger partial charge in [-0.2, -0.15) is 0 Å². The van der Waals surface area contributed by atoms with Crippen molar-refractivity contribution in [3.63, 3.8) is 0 Å². The molecule has 2 aromatic carbocycles. The molecule has 2 aromatic rings. The maximum absolute atomic E-state index is 5.42. The smallest absolute Gasteiger partial charge is 0.127 e. The molecule has 0 saturated carbocycles. The summed E-state index contributed by atoms with van der Waals surface area (Å²) in [7, 11) is 3.34. The Morgan fingerprint density at radius 3 is 2.22 bits per heavy atom. The fourth-order valence-electron chi connectivity index (χ4n) is 1.95. The van der Waals surface area contributed by atoms with Gasteiger partial charge in [-0.3, -0.25) is 0 Å². The van der Waals surface area contributed by atoms with Gasteiger partial charge in [-0.15, -0.1) is 0 Å². The zero-order valence-electron chi connectivity index (χ0n) is 10.6. The highest BCUT2D eigenvalue weighted by Crippen LogP contribution is 2.34. The Kier molecular flexibility index (Phi) is 3.68. The van der Waals surface area contributed by atoms with Gasteiger partial charge in [0.1, 0.15) is 11.5 Å². The van der Waals surface area contributed by atoms with Crippen LogP contribution in [-0.2, 0) is 0 Å². The van der Waals surface area contributed by atoms with Gasteiger partial charge >= 0.3 is 0 Å². The van der Waals surface area contributed by atoms with Gasteiger partial charge in [0.05, 0.1) is 14.2 Å². The highest BCUT2D eigenvalue weighted by atomic mass is 16.5. The van der Waals surface area contributed by atoms with Crippen molar-refractivity contribution in [3.05, 3.63) is 54.6 Å². The number of hydrogen-bond acceptors (Lipinski definition) is 2. The lowest BCUT2D eigenvalue weighted by atomic mass is 9.98. The molecule has 0 heterocycles.